The van der Waals surface area contributed by atoms with Crippen LogP contribution in [0.2, 0.25) is 0 Å². The molecule has 0 amide bonds. The Hall–Kier alpha value is -6.52. The van der Waals surface area contributed by atoms with Crippen molar-refractivity contribution in [1.82, 2.24) is 14.5 Å². The molecule has 0 N–H and O–H groups in total. The summed E-state index contributed by atoms with van der Waals surface area (Å²) in [4.78, 5) is 10.7. The lowest BCUT2D eigenvalue weighted by molar-refractivity contribution is 0.666. The Bertz CT molecular complexity index is 3080. The van der Waals surface area contributed by atoms with E-state index in [0.717, 1.165) is 44.2 Å². The fraction of sp³-hybridized carbons (Fsp3) is 0. The number of hydrogen-bond acceptors (Lipinski definition) is 3. The second-order valence-electron chi connectivity index (χ2n) is 12.5. The molecule has 0 aliphatic carbocycles. The predicted octanol–water partition coefficient (Wildman–Crippen LogP) is 11.8. The molecule has 11 rings (SSSR count). The minimum atomic E-state index is 0.619. The standard InChI is InChI=1S/C44H25N3O/c1-2-13-27(14-3-1)40-43-41(34-20-10-11-21-37(34)48-43)46-44(45-40)47-36-25-24-33-31-18-7-6-16-29(31)30-17-8-9-19-32(30)38(33)39(36)35-23-22-26-12-4-5-15-28(26)42(35)47/h1-25H. The predicted molar refractivity (Wildman–Crippen MR) is 199 cm³/mol. The van der Waals surface area contributed by atoms with E-state index in [1.807, 2.05) is 36.4 Å². The zero-order valence-corrected chi connectivity index (χ0v) is 25.7. The van der Waals surface area contributed by atoms with E-state index in [2.05, 4.69) is 120 Å². The van der Waals surface area contributed by atoms with Crippen LogP contribution >= 0.6 is 0 Å². The highest BCUT2D eigenvalue weighted by Crippen LogP contribution is 2.45. The van der Waals surface area contributed by atoms with Crippen molar-refractivity contribution in [3.8, 4) is 17.2 Å². The summed E-state index contributed by atoms with van der Waals surface area (Å²) in [6, 6.07) is 53.7. The van der Waals surface area contributed by atoms with E-state index in [-0.39, 0.29) is 0 Å². The molecule has 3 heterocycles. The van der Waals surface area contributed by atoms with Gasteiger partial charge in [0.1, 0.15) is 16.8 Å². The molecule has 0 saturated heterocycles. The maximum atomic E-state index is 6.47. The molecule has 0 spiro atoms. The summed E-state index contributed by atoms with van der Waals surface area (Å²) in [5.41, 5.74) is 6.23. The number of rotatable bonds is 2. The van der Waals surface area contributed by atoms with Crippen LogP contribution in [-0.2, 0) is 0 Å². The van der Waals surface area contributed by atoms with Crippen LogP contribution in [0.25, 0.3) is 104 Å². The van der Waals surface area contributed by atoms with Gasteiger partial charge in [0.2, 0.25) is 5.95 Å². The van der Waals surface area contributed by atoms with Crippen LogP contribution in [-0.4, -0.2) is 14.5 Å². The Labute approximate surface area is 274 Å². The number of fused-ring (bicyclic) bond motifs is 15. The Kier molecular flexibility index (Phi) is 5.08. The highest BCUT2D eigenvalue weighted by atomic mass is 16.3. The van der Waals surface area contributed by atoms with E-state index >= 15 is 0 Å². The molecule has 0 atom stereocenters. The first-order valence-corrected chi connectivity index (χ1v) is 16.3. The van der Waals surface area contributed by atoms with Gasteiger partial charge in [-0.1, -0.05) is 133 Å². The van der Waals surface area contributed by atoms with Gasteiger partial charge in [0.15, 0.2) is 5.58 Å². The van der Waals surface area contributed by atoms with Gasteiger partial charge in [0, 0.05) is 32.5 Å². The van der Waals surface area contributed by atoms with Crippen molar-refractivity contribution in [3.63, 3.8) is 0 Å². The van der Waals surface area contributed by atoms with Gasteiger partial charge in [-0.05, 0) is 50.5 Å². The third-order valence-electron chi connectivity index (χ3n) is 9.98. The van der Waals surface area contributed by atoms with Crippen LogP contribution in [0.4, 0.5) is 0 Å². The summed E-state index contributed by atoms with van der Waals surface area (Å²) in [6.07, 6.45) is 0. The fourth-order valence-electron chi connectivity index (χ4n) is 7.94. The van der Waals surface area contributed by atoms with Crippen LogP contribution in [0.5, 0.6) is 0 Å². The first-order valence-electron chi connectivity index (χ1n) is 16.3. The molecule has 222 valence electrons. The zero-order chi connectivity index (χ0) is 31.3. The summed E-state index contributed by atoms with van der Waals surface area (Å²) >= 11 is 0. The van der Waals surface area contributed by atoms with Crippen molar-refractivity contribution in [2.45, 2.75) is 0 Å². The lowest BCUT2D eigenvalue weighted by atomic mass is 9.91. The molecule has 0 unspecified atom stereocenters. The van der Waals surface area contributed by atoms with Gasteiger partial charge in [-0.15, -0.1) is 0 Å². The smallest absolute Gasteiger partial charge is 0.236 e. The molecular weight excluding hydrogens is 587 g/mol. The minimum absolute atomic E-state index is 0.619. The van der Waals surface area contributed by atoms with E-state index in [4.69, 9.17) is 14.4 Å². The summed E-state index contributed by atoms with van der Waals surface area (Å²) in [5, 5.41) is 13.2. The maximum Gasteiger partial charge on any atom is 0.236 e. The van der Waals surface area contributed by atoms with Gasteiger partial charge in [-0.25, -0.2) is 9.97 Å². The summed E-state index contributed by atoms with van der Waals surface area (Å²) in [6.45, 7) is 0. The summed E-state index contributed by atoms with van der Waals surface area (Å²) in [7, 11) is 0. The number of furan rings is 1. The van der Waals surface area contributed by atoms with Crippen LogP contribution in [0.1, 0.15) is 0 Å². The number of hydrogen-bond donors (Lipinski definition) is 0. The van der Waals surface area contributed by atoms with Gasteiger partial charge in [0.05, 0.1) is 11.0 Å². The lowest BCUT2D eigenvalue weighted by Gasteiger charge is -2.12. The molecule has 0 fully saturated rings. The molecular formula is C44H25N3O. The molecule has 0 radical (unpaired) electrons. The second-order valence-corrected chi connectivity index (χ2v) is 12.5. The van der Waals surface area contributed by atoms with Crippen molar-refractivity contribution in [3.05, 3.63) is 152 Å². The van der Waals surface area contributed by atoms with E-state index in [1.165, 1.54) is 48.5 Å². The van der Waals surface area contributed by atoms with E-state index in [0.29, 0.717) is 11.5 Å². The summed E-state index contributed by atoms with van der Waals surface area (Å²) < 4.78 is 8.75. The number of nitrogens with zero attached hydrogens (tertiary/aromatic N) is 3. The summed E-state index contributed by atoms with van der Waals surface area (Å²) in [5.74, 6) is 0.619. The highest BCUT2D eigenvalue weighted by molar-refractivity contribution is 6.36. The minimum Gasteiger partial charge on any atom is -0.452 e. The van der Waals surface area contributed by atoms with Crippen LogP contribution in [0.15, 0.2) is 156 Å². The third-order valence-corrected chi connectivity index (χ3v) is 9.98. The normalized spacial score (nSPS) is 12.2. The maximum absolute atomic E-state index is 6.47. The van der Waals surface area contributed by atoms with Gasteiger partial charge >= 0.3 is 0 Å². The van der Waals surface area contributed by atoms with Crippen molar-refractivity contribution in [2.75, 3.05) is 0 Å². The first kappa shape index (κ1) is 25.6. The Morgan fingerprint density at radius 1 is 0.438 bits per heavy atom. The number of aromatic nitrogens is 3. The molecule has 4 heteroatoms. The van der Waals surface area contributed by atoms with Gasteiger partial charge in [0.25, 0.3) is 0 Å². The molecule has 48 heavy (non-hydrogen) atoms. The quantitative estimate of drug-likeness (QED) is 0.183. The molecule has 0 saturated carbocycles. The topological polar surface area (TPSA) is 43.9 Å². The monoisotopic (exact) mass is 611 g/mol. The largest absolute Gasteiger partial charge is 0.452 e. The number of para-hydroxylation sites is 1. The molecule has 11 aromatic rings. The van der Waals surface area contributed by atoms with Crippen LogP contribution in [0, 0.1) is 0 Å². The SMILES string of the molecule is c1ccc(-c2nc(-n3c4ccc5c6ccccc6c6ccccc6c5c4c4ccc5ccccc5c43)nc3c2oc2ccccc23)cc1. The third kappa shape index (κ3) is 3.38. The molecule has 0 aliphatic rings. The van der Waals surface area contributed by atoms with Gasteiger partial charge < -0.3 is 4.42 Å². The second kappa shape index (κ2) is 9.50. The van der Waals surface area contributed by atoms with E-state index in [9.17, 15) is 0 Å². The zero-order valence-electron chi connectivity index (χ0n) is 25.7. The average Bonchev–Trinajstić information content (AvgIpc) is 3.71. The van der Waals surface area contributed by atoms with E-state index < -0.39 is 0 Å². The fourth-order valence-corrected chi connectivity index (χ4v) is 7.94. The van der Waals surface area contributed by atoms with Gasteiger partial charge in [-0.3, -0.25) is 4.57 Å². The van der Waals surface area contributed by atoms with Crippen LogP contribution in [0.3, 0.4) is 0 Å². The molecule has 8 aromatic carbocycles. The van der Waals surface area contributed by atoms with Crippen molar-refractivity contribution >= 4 is 87.0 Å². The lowest BCUT2D eigenvalue weighted by Crippen LogP contribution is -2.03. The Morgan fingerprint density at radius 3 is 1.83 bits per heavy atom. The molecule has 4 nitrogen and oxygen atoms in total. The molecule has 0 aliphatic heterocycles. The molecule has 3 aromatic heterocycles. The Balaban J connectivity index is 1.39. The highest BCUT2D eigenvalue weighted by Gasteiger charge is 2.24. The van der Waals surface area contributed by atoms with E-state index in [1.54, 1.807) is 0 Å². The van der Waals surface area contributed by atoms with Crippen molar-refractivity contribution in [1.29, 1.82) is 0 Å². The van der Waals surface area contributed by atoms with Gasteiger partial charge in [-0.2, -0.15) is 0 Å². The number of benzene rings is 8. The first-order chi connectivity index (χ1) is 23.8. The Morgan fingerprint density at radius 2 is 1.04 bits per heavy atom. The van der Waals surface area contributed by atoms with Crippen molar-refractivity contribution in [2.24, 2.45) is 0 Å². The molecule has 0 bridgehead atoms. The average molecular weight is 612 g/mol. The van der Waals surface area contributed by atoms with Crippen LogP contribution < -0.4 is 0 Å². The van der Waals surface area contributed by atoms with Crippen molar-refractivity contribution < 1.29 is 4.42 Å².